The lowest BCUT2D eigenvalue weighted by molar-refractivity contribution is -0.385. The van der Waals surface area contributed by atoms with Gasteiger partial charge in [0.25, 0.3) is 5.69 Å². The van der Waals surface area contributed by atoms with E-state index in [1.807, 2.05) is 24.3 Å². The molecule has 0 atom stereocenters. The Labute approximate surface area is 131 Å². The van der Waals surface area contributed by atoms with Crippen LogP contribution in [0.25, 0.3) is 10.9 Å². The zero-order valence-corrected chi connectivity index (χ0v) is 11.8. The maximum absolute atomic E-state index is 11.7. The van der Waals surface area contributed by atoms with Gasteiger partial charge in [-0.05, 0) is 17.7 Å². The largest absolute Gasteiger partial charge is 0.872 e. The number of nitro benzene ring substituents is 1. The highest BCUT2D eigenvalue weighted by Crippen LogP contribution is 2.21. The highest BCUT2D eigenvalue weighted by Gasteiger charge is 2.05. The minimum absolute atomic E-state index is 0.139. The summed E-state index contributed by atoms with van der Waals surface area (Å²) in [6.45, 7) is 0. The summed E-state index contributed by atoms with van der Waals surface area (Å²) >= 11 is 0. The molecule has 1 N–H and O–H groups in total. The minimum atomic E-state index is -0.557. The maximum atomic E-state index is 11.7. The van der Waals surface area contributed by atoms with Crippen LogP contribution in [0.5, 0.6) is 5.75 Å². The molecule has 0 fully saturated rings. The Hall–Kier alpha value is -3.48. The van der Waals surface area contributed by atoms with Crippen LogP contribution in [0.3, 0.4) is 0 Å². The molecule has 23 heavy (non-hydrogen) atoms. The lowest BCUT2D eigenvalue weighted by Gasteiger charge is -2.09. The molecule has 0 aliphatic rings. The van der Waals surface area contributed by atoms with Gasteiger partial charge in [-0.15, -0.1) is 0 Å². The van der Waals surface area contributed by atoms with Crippen LogP contribution in [0.4, 0.5) is 11.4 Å². The third kappa shape index (κ3) is 3.08. The fourth-order valence-corrected chi connectivity index (χ4v) is 2.12. The molecule has 0 unspecified atom stereocenters. The van der Waals surface area contributed by atoms with Crippen LogP contribution in [0, 0.1) is 10.1 Å². The number of anilines is 1. The van der Waals surface area contributed by atoms with E-state index in [0.29, 0.717) is 5.69 Å². The predicted molar refractivity (Wildman–Crippen MR) is 85.5 cm³/mol. The van der Waals surface area contributed by atoms with Gasteiger partial charge in [0.05, 0.1) is 22.3 Å². The average molecular weight is 307 g/mol. The number of rotatable bonds is 4. The van der Waals surface area contributed by atoms with Crippen molar-refractivity contribution >= 4 is 28.5 Å². The van der Waals surface area contributed by atoms with Gasteiger partial charge in [-0.1, -0.05) is 30.0 Å². The standard InChI is InChI=1S/C16H12N4O3/c21-15-7-6-13(20(22)23)9-12(15)10-18-19-14-5-1-3-11-4-2-8-17-16(11)14/h1-10,19,21H/p-1/b18-10-. The maximum Gasteiger partial charge on any atom is 0.270 e. The minimum Gasteiger partial charge on any atom is -0.872 e. The second-order valence-corrected chi connectivity index (χ2v) is 4.73. The van der Waals surface area contributed by atoms with E-state index in [0.717, 1.165) is 17.0 Å². The van der Waals surface area contributed by atoms with E-state index in [1.165, 1.54) is 18.3 Å². The molecule has 114 valence electrons. The van der Waals surface area contributed by atoms with Crippen LogP contribution in [0.1, 0.15) is 5.56 Å². The van der Waals surface area contributed by atoms with E-state index in [-0.39, 0.29) is 17.0 Å². The Balaban J connectivity index is 1.86. The van der Waals surface area contributed by atoms with Gasteiger partial charge in [0, 0.05) is 23.7 Å². The van der Waals surface area contributed by atoms with E-state index < -0.39 is 4.92 Å². The van der Waals surface area contributed by atoms with E-state index in [1.54, 1.807) is 12.3 Å². The Morgan fingerprint density at radius 2 is 2.00 bits per heavy atom. The Bertz CT molecular complexity index is 903. The van der Waals surface area contributed by atoms with Gasteiger partial charge in [-0.2, -0.15) is 5.10 Å². The molecule has 7 nitrogen and oxygen atoms in total. The van der Waals surface area contributed by atoms with Gasteiger partial charge in [0.1, 0.15) is 0 Å². The smallest absolute Gasteiger partial charge is 0.270 e. The average Bonchev–Trinajstić information content (AvgIpc) is 2.56. The third-order valence-corrected chi connectivity index (χ3v) is 3.23. The zero-order chi connectivity index (χ0) is 16.2. The highest BCUT2D eigenvalue weighted by molar-refractivity contribution is 5.91. The van der Waals surface area contributed by atoms with Crippen LogP contribution in [-0.4, -0.2) is 16.1 Å². The molecule has 0 saturated heterocycles. The number of non-ortho nitro benzene ring substituents is 1. The third-order valence-electron chi connectivity index (χ3n) is 3.23. The quantitative estimate of drug-likeness (QED) is 0.453. The lowest BCUT2D eigenvalue weighted by Crippen LogP contribution is -1.99. The van der Waals surface area contributed by atoms with Crippen LogP contribution in [0.2, 0.25) is 0 Å². The van der Waals surface area contributed by atoms with Crippen LogP contribution < -0.4 is 10.5 Å². The first kappa shape index (κ1) is 14.5. The van der Waals surface area contributed by atoms with Crippen LogP contribution >= 0.6 is 0 Å². The molecule has 0 radical (unpaired) electrons. The van der Waals surface area contributed by atoms with Crippen molar-refractivity contribution in [3.05, 3.63) is 70.4 Å². The summed E-state index contributed by atoms with van der Waals surface area (Å²) in [5, 5.41) is 27.4. The number of nitrogens with zero attached hydrogens (tertiary/aromatic N) is 3. The van der Waals surface area contributed by atoms with E-state index >= 15 is 0 Å². The summed E-state index contributed by atoms with van der Waals surface area (Å²) in [5.41, 5.74) is 4.22. The van der Waals surface area contributed by atoms with Crippen molar-refractivity contribution in [2.75, 3.05) is 5.43 Å². The number of benzene rings is 2. The fraction of sp³-hybridized carbons (Fsp3) is 0. The van der Waals surface area contributed by atoms with Crippen molar-refractivity contribution in [1.29, 1.82) is 0 Å². The molecular formula is C16H11N4O3-. The van der Waals surface area contributed by atoms with Crippen LogP contribution in [0.15, 0.2) is 59.8 Å². The van der Waals surface area contributed by atoms with Gasteiger partial charge in [-0.3, -0.25) is 20.5 Å². The molecule has 0 bridgehead atoms. The van der Waals surface area contributed by atoms with Gasteiger partial charge in [-0.25, -0.2) is 0 Å². The van der Waals surface area contributed by atoms with Gasteiger partial charge >= 0.3 is 0 Å². The summed E-state index contributed by atoms with van der Waals surface area (Å²) in [5.74, 6) is -0.336. The fourth-order valence-electron chi connectivity index (χ4n) is 2.12. The van der Waals surface area contributed by atoms with Gasteiger partial charge in [0.15, 0.2) is 0 Å². The number of nitrogens with one attached hydrogen (secondary N) is 1. The topological polar surface area (TPSA) is 103 Å². The zero-order valence-electron chi connectivity index (χ0n) is 11.8. The summed E-state index contributed by atoms with van der Waals surface area (Å²) in [6.07, 6.45) is 2.94. The van der Waals surface area contributed by atoms with Gasteiger partial charge in [0.2, 0.25) is 0 Å². The number of pyridine rings is 1. The number of hydrogen-bond donors (Lipinski definition) is 1. The SMILES string of the molecule is O=[N+]([O-])c1ccc([O-])c(/C=N\Nc2cccc3cccnc23)c1. The van der Waals surface area contributed by atoms with Crippen molar-refractivity contribution in [2.24, 2.45) is 5.10 Å². The molecule has 0 aliphatic carbocycles. The van der Waals surface area contributed by atoms with Crippen molar-refractivity contribution in [2.45, 2.75) is 0 Å². The number of hydrogen-bond acceptors (Lipinski definition) is 6. The first-order valence-corrected chi connectivity index (χ1v) is 6.73. The normalized spacial score (nSPS) is 11.0. The first-order valence-electron chi connectivity index (χ1n) is 6.73. The Kier molecular flexibility index (Phi) is 3.84. The van der Waals surface area contributed by atoms with E-state index in [9.17, 15) is 15.2 Å². The summed E-state index contributed by atoms with van der Waals surface area (Å²) < 4.78 is 0. The van der Waals surface area contributed by atoms with Crippen molar-refractivity contribution in [3.8, 4) is 5.75 Å². The summed E-state index contributed by atoms with van der Waals surface area (Å²) in [4.78, 5) is 14.5. The molecule has 2 aromatic carbocycles. The van der Waals surface area contributed by atoms with Crippen LogP contribution in [-0.2, 0) is 0 Å². The van der Waals surface area contributed by atoms with Crippen molar-refractivity contribution < 1.29 is 10.0 Å². The monoisotopic (exact) mass is 307 g/mol. The second kappa shape index (κ2) is 6.10. The molecule has 3 aromatic rings. The number of aromatic nitrogens is 1. The number of fused-ring (bicyclic) bond motifs is 1. The van der Waals surface area contributed by atoms with Gasteiger partial charge < -0.3 is 5.11 Å². The molecule has 1 aromatic heterocycles. The molecule has 0 saturated carbocycles. The Morgan fingerprint density at radius 3 is 2.83 bits per heavy atom. The summed E-state index contributed by atoms with van der Waals surface area (Å²) in [6, 6.07) is 12.9. The molecule has 1 heterocycles. The Morgan fingerprint density at radius 1 is 1.17 bits per heavy atom. The van der Waals surface area contributed by atoms with Crippen molar-refractivity contribution in [1.82, 2.24) is 4.98 Å². The lowest BCUT2D eigenvalue weighted by atomic mass is 10.2. The number of para-hydroxylation sites is 1. The predicted octanol–water partition coefficient (Wildman–Crippen LogP) is 2.66. The van der Waals surface area contributed by atoms with E-state index in [2.05, 4.69) is 15.5 Å². The molecule has 0 aliphatic heterocycles. The molecule has 7 heteroatoms. The van der Waals surface area contributed by atoms with E-state index in [4.69, 9.17) is 0 Å². The molecular weight excluding hydrogens is 296 g/mol. The first-order chi connectivity index (χ1) is 11.1. The number of hydrazone groups is 1. The molecule has 3 rings (SSSR count). The molecule has 0 spiro atoms. The summed E-state index contributed by atoms with van der Waals surface area (Å²) in [7, 11) is 0. The second-order valence-electron chi connectivity index (χ2n) is 4.73. The highest BCUT2D eigenvalue weighted by atomic mass is 16.6. The number of nitro groups is 1. The molecule has 0 amide bonds. The van der Waals surface area contributed by atoms with Crippen molar-refractivity contribution in [3.63, 3.8) is 0 Å².